The Balaban J connectivity index is 2.04. The van der Waals surface area contributed by atoms with Crippen LogP contribution < -0.4 is 0 Å². The van der Waals surface area contributed by atoms with Crippen molar-refractivity contribution >= 4 is 11.3 Å². The van der Waals surface area contributed by atoms with Crippen molar-refractivity contribution < 1.29 is 8.91 Å². The third-order valence-electron chi connectivity index (χ3n) is 3.20. The standard InChI is InChI=1S/C15H13FN2OS/c1-8-6-11(4-5-12(8)16)15-17-13(7-20-15)14-9(2)18-19-10(14)3/h4-7H,1-3H3. The molecule has 0 saturated heterocycles. The summed E-state index contributed by atoms with van der Waals surface area (Å²) in [4.78, 5) is 4.61. The second-order valence-corrected chi connectivity index (χ2v) is 5.56. The second kappa shape index (κ2) is 4.83. The van der Waals surface area contributed by atoms with Crippen LogP contribution in [0.3, 0.4) is 0 Å². The first kappa shape index (κ1) is 13.0. The lowest BCUT2D eigenvalue weighted by Crippen LogP contribution is -1.85. The lowest BCUT2D eigenvalue weighted by molar-refractivity contribution is 0.393. The van der Waals surface area contributed by atoms with Gasteiger partial charge in [-0.25, -0.2) is 9.37 Å². The molecule has 0 aliphatic rings. The zero-order valence-electron chi connectivity index (χ0n) is 11.4. The Kier molecular flexibility index (Phi) is 3.14. The van der Waals surface area contributed by atoms with Gasteiger partial charge in [-0.15, -0.1) is 11.3 Å². The molecule has 2 aromatic heterocycles. The highest BCUT2D eigenvalue weighted by Gasteiger charge is 2.15. The maximum absolute atomic E-state index is 13.3. The van der Waals surface area contributed by atoms with E-state index >= 15 is 0 Å². The summed E-state index contributed by atoms with van der Waals surface area (Å²) in [7, 11) is 0. The van der Waals surface area contributed by atoms with E-state index in [2.05, 4.69) is 10.1 Å². The van der Waals surface area contributed by atoms with Crippen molar-refractivity contribution in [3.05, 3.63) is 46.4 Å². The molecular formula is C15H13FN2OS. The average molecular weight is 288 g/mol. The summed E-state index contributed by atoms with van der Waals surface area (Å²) in [6.45, 7) is 5.52. The first-order valence-corrected chi connectivity index (χ1v) is 7.09. The van der Waals surface area contributed by atoms with Crippen LogP contribution in [0.5, 0.6) is 0 Å². The van der Waals surface area contributed by atoms with Crippen LogP contribution in [0.2, 0.25) is 0 Å². The summed E-state index contributed by atoms with van der Waals surface area (Å²) in [6, 6.07) is 5.03. The fourth-order valence-electron chi connectivity index (χ4n) is 2.15. The number of aryl methyl sites for hydroxylation is 3. The molecule has 0 saturated carbocycles. The summed E-state index contributed by atoms with van der Waals surface area (Å²) < 4.78 is 18.5. The van der Waals surface area contributed by atoms with Crippen molar-refractivity contribution in [3.63, 3.8) is 0 Å². The van der Waals surface area contributed by atoms with Gasteiger partial charge in [0.2, 0.25) is 0 Å². The van der Waals surface area contributed by atoms with Gasteiger partial charge in [0.15, 0.2) is 0 Å². The van der Waals surface area contributed by atoms with E-state index in [4.69, 9.17) is 4.52 Å². The van der Waals surface area contributed by atoms with E-state index in [1.54, 1.807) is 13.0 Å². The molecule has 20 heavy (non-hydrogen) atoms. The average Bonchev–Trinajstić information content (AvgIpc) is 3.00. The van der Waals surface area contributed by atoms with E-state index in [1.807, 2.05) is 25.3 Å². The molecule has 5 heteroatoms. The number of aromatic nitrogens is 2. The second-order valence-electron chi connectivity index (χ2n) is 4.70. The Labute approximate surface area is 120 Å². The maximum atomic E-state index is 13.3. The Morgan fingerprint density at radius 3 is 2.65 bits per heavy atom. The fourth-order valence-corrected chi connectivity index (χ4v) is 2.96. The minimum atomic E-state index is -0.198. The Morgan fingerprint density at radius 1 is 1.20 bits per heavy atom. The molecule has 3 nitrogen and oxygen atoms in total. The molecule has 3 rings (SSSR count). The zero-order chi connectivity index (χ0) is 14.3. The van der Waals surface area contributed by atoms with Crippen molar-refractivity contribution in [2.75, 3.05) is 0 Å². The third-order valence-corrected chi connectivity index (χ3v) is 4.09. The van der Waals surface area contributed by atoms with Crippen molar-refractivity contribution in [1.82, 2.24) is 10.1 Å². The number of benzene rings is 1. The summed E-state index contributed by atoms with van der Waals surface area (Å²) in [5.41, 5.74) is 4.16. The number of nitrogens with zero attached hydrogens (tertiary/aromatic N) is 2. The molecule has 3 aromatic rings. The summed E-state index contributed by atoms with van der Waals surface area (Å²) in [5.74, 6) is 0.561. The van der Waals surface area contributed by atoms with Gasteiger partial charge in [0.1, 0.15) is 16.6 Å². The van der Waals surface area contributed by atoms with Crippen LogP contribution in [-0.4, -0.2) is 10.1 Å². The first-order valence-electron chi connectivity index (χ1n) is 6.21. The van der Waals surface area contributed by atoms with E-state index in [0.717, 1.165) is 33.3 Å². The van der Waals surface area contributed by atoms with E-state index in [0.29, 0.717) is 5.56 Å². The van der Waals surface area contributed by atoms with Crippen LogP contribution in [0, 0.1) is 26.6 Å². The molecule has 0 N–H and O–H groups in total. The van der Waals surface area contributed by atoms with Gasteiger partial charge in [-0.05, 0) is 44.5 Å². The van der Waals surface area contributed by atoms with Crippen molar-refractivity contribution in [3.8, 4) is 21.8 Å². The normalized spacial score (nSPS) is 11.0. The maximum Gasteiger partial charge on any atom is 0.143 e. The van der Waals surface area contributed by atoms with Crippen LogP contribution in [0.25, 0.3) is 21.8 Å². The molecule has 102 valence electrons. The lowest BCUT2D eigenvalue weighted by atomic mass is 10.1. The molecule has 0 amide bonds. The lowest BCUT2D eigenvalue weighted by Gasteiger charge is -1.99. The van der Waals surface area contributed by atoms with Crippen molar-refractivity contribution in [2.24, 2.45) is 0 Å². The third kappa shape index (κ3) is 2.14. The monoisotopic (exact) mass is 288 g/mol. The molecule has 0 unspecified atom stereocenters. The highest BCUT2D eigenvalue weighted by atomic mass is 32.1. The summed E-state index contributed by atoms with van der Waals surface area (Å²) >= 11 is 1.53. The quantitative estimate of drug-likeness (QED) is 0.695. The molecule has 0 atom stereocenters. The smallest absolute Gasteiger partial charge is 0.143 e. The molecule has 0 radical (unpaired) electrons. The Hall–Kier alpha value is -2.01. The van der Waals surface area contributed by atoms with Gasteiger partial charge in [0.05, 0.1) is 17.0 Å². The fraction of sp³-hybridized carbons (Fsp3) is 0.200. The highest BCUT2D eigenvalue weighted by Crippen LogP contribution is 2.32. The van der Waals surface area contributed by atoms with Crippen LogP contribution in [0.1, 0.15) is 17.0 Å². The highest BCUT2D eigenvalue weighted by molar-refractivity contribution is 7.13. The van der Waals surface area contributed by atoms with E-state index < -0.39 is 0 Å². The van der Waals surface area contributed by atoms with E-state index in [-0.39, 0.29) is 5.82 Å². The van der Waals surface area contributed by atoms with Crippen molar-refractivity contribution in [1.29, 1.82) is 0 Å². The minimum Gasteiger partial charge on any atom is -0.361 e. The topological polar surface area (TPSA) is 38.9 Å². The van der Waals surface area contributed by atoms with Gasteiger partial charge in [-0.1, -0.05) is 5.16 Å². The van der Waals surface area contributed by atoms with Gasteiger partial charge in [-0.2, -0.15) is 0 Å². The number of hydrogen-bond donors (Lipinski definition) is 0. The largest absolute Gasteiger partial charge is 0.361 e. The first-order chi connectivity index (χ1) is 9.56. The molecular weight excluding hydrogens is 275 g/mol. The molecule has 1 aromatic carbocycles. The van der Waals surface area contributed by atoms with Crippen LogP contribution >= 0.6 is 11.3 Å². The predicted molar refractivity (Wildman–Crippen MR) is 77.2 cm³/mol. The predicted octanol–water partition coefficient (Wildman–Crippen LogP) is 4.53. The molecule has 0 fully saturated rings. The number of rotatable bonds is 2. The number of hydrogen-bond acceptors (Lipinski definition) is 4. The van der Waals surface area contributed by atoms with Gasteiger partial charge in [0.25, 0.3) is 0 Å². The van der Waals surface area contributed by atoms with Gasteiger partial charge in [0, 0.05) is 10.9 Å². The summed E-state index contributed by atoms with van der Waals surface area (Å²) in [5, 5.41) is 6.78. The molecule has 0 bridgehead atoms. The zero-order valence-corrected chi connectivity index (χ0v) is 12.2. The number of thiazole rings is 1. The Bertz CT molecular complexity index is 757. The number of halogens is 1. The van der Waals surface area contributed by atoms with Crippen LogP contribution in [0.15, 0.2) is 28.1 Å². The molecule has 0 aliphatic carbocycles. The van der Waals surface area contributed by atoms with Gasteiger partial charge in [-0.3, -0.25) is 0 Å². The van der Waals surface area contributed by atoms with E-state index in [9.17, 15) is 4.39 Å². The van der Waals surface area contributed by atoms with E-state index in [1.165, 1.54) is 17.4 Å². The van der Waals surface area contributed by atoms with Crippen molar-refractivity contribution in [2.45, 2.75) is 20.8 Å². The van der Waals surface area contributed by atoms with Crippen LogP contribution in [-0.2, 0) is 0 Å². The molecule has 0 spiro atoms. The molecule has 0 aliphatic heterocycles. The van der Waals surface area contributed by atoms with Gasteiger partial charge >= 0.3 is 0 Å². The van der Waals surface area contributed by atoms with Crippen LogP contribution in [0.4, 0.5) is 4.39 Å². The molecule has 2 heterocycles. The Morgan fingerprint density at radius 2 is 2.00 bits per heavy atom. The van der Waals surface area contributed by atoms with Gasteiger partial charge < -0.3 is 4.52 Å². The SMILES string of the molecule is Cc1cc(-c2nc(-c3c(C)noc3C)cs2)ccc1F. The minimum absolute atomic E-state index is 0.198. The summed E-state index contributed by atoms with van der Waals surface area (Å²) in [6.07, 6.45) is 0.